The fraction of sp³-hybridized carbons (Fsp3) is 0.500. The van der Waals surface area contributed by atoms with E-state index in [1.807, 2.05) is 0 Å². The van der Waals surface area contributed by atoms with Gasteiger partial charge in [-0.05, 0) is 30.7 Å². The van der Waals surface area contributed by atoms with Crippen LogP contribution in [0.3, 0.4) is 0 Å². The number of benzene rings is 1. The van der Waals surface area contributed by atoms with E-state index >= 15 is 0 Å². The molecule has 1 unspecified atom stereocenters. The van der Waals surface area contributed by atoms with Gasteiger partial charge in [-0.1, -0.05) is 12.1 Å². The molecule has 0 aliphatic carbocycles. The lowest BCUT2D eigenvalue weighted by Crippen LogP contribution is -2.52. The predicted octanol–water partition coefficient (Wildman–Crippen LogP) is 2.33. The van der Waals surface area contributed by atoms with Gasteiger partial charge in [0.25, 0.3) is 0 Å². The lowest BCUT2D eigenvalue weighted by Gasteiger charge is -2.33. The molecule has 1 aromatic carbocycles. The van der Waals surface area contributed by atoms with Gasteiger partial charge in [-0.3, -0.25) is 4.79 Å². The molecule has 1 aliphatic heterocycles. The van der Waals surface area contributed by atoms with Gasteiger partial charge in [-0.25, -0.2) is 4.39 Å². The Morgan fingerprint density at radius 1 is 1.33 bits per heavy atom. The zero-order valence-electron chi connectivity index (χ0n) is 11.5. The van der Waals surface area contributed by atoms with Gasteiger partial charge < -0.3 is 10.2 Å². The van der Waals surface area contributed by atoms with Gasteiger partial charge in [0.05, 0.1) is 0 Å². The Bertz CT molecular complexity index is 507. The summed E-state index contributed by atoms with van der Waals surface area (Å²) in [5.41, 5.74) is -1.78. The van der Waals surface area contributed by atoms with Gasteiger partial charge >= 0.3 is 6.18 Å². The van der Waals surface area contributed by atoms with Gasteiger partial charge in [0, 0.05) is 20.1 Å². The Hall–Kier alpha value is -1.63. The van der Waals surface area contributed by atoms with Crippen LogP contribution >= 0.6 is 0 Å². The summed E-state index contributed by atoms with van der Waals surface area (Å²) in [7, 11) is 1.33. The van der Waals surface area contributed by atoms with Gasteiger partial charge in [-0.2, -0.15) is 13.2 Å². The van der Waals surface area contributed by atoms with Crippen molar-refractivity contribution < 1.29 is 22.4 Å². The standard InChI is InChI=1S/C14H16F4N2O/c1-20(8-10-2-4-11(15)5-3-10)12(21)13(14(16,17)18)6-7-19-9-13/h2-5,19H,6-9H2,1H3. The zero-order valence-corrected chi connectivity index (χ0v) is 11.5. The van der Waals surface area contributed by atoms with Crippen LogP contribution in [0.2, 0.25) is 0 Å². The van der Waals surface area contributed by atoms with Gasteiger partial charge in [0.2, 0.25) is 5.91 Å². The van der Waals surface area contributed by atoms with Crippen LogP contribution in [-0.2, 0) is 11.3 Å². The number of hydrogen-bond donors (Lipinski definition) is 1. The number of halogens is 4. The molecule has 0 saturated carbocycles. The fourth-order valence-electron chi connectivity index (χ4n) is 2.54. The predicted molar refractivity (Wildman–Crippen MR) is 68.8 cm³/mol. The smallest absolute Gasteiger partial charge is 0.341 e. The largest absolute Gasteiger partial charge is 0.404 e. The van der Waals surface area contributed by atoms with E-state index in [0.29, 0.717) is 5.56 Å². The Morgan fingerprint density at radius 3 is 2.43 bits per heavy atom. The summed E-state index contributed by atoms with van der Waals surface area (Å²) in [5.74, 6) is -1.39. The maximum absolute atomic E-state index is 13.3. The quantitative estimate of drug-likeness (QED) is 0.869. The van der Waals surface area contributed by atoms with E-state index < -0.39 is 29.9 Å². The summed E-state index contributed by atoms with van der Waals surface area (Å²) in [4.78, 5) is 13.3. The summed E-state index contributed by atoms with van der Waals surface area (Å²) < 4.78 is 52.7. The second-order valence-corrected chi connectivity index (χ2v) is 5.29. The summed E-state index contributed by atoms with van der Waals surface area (Å²) in [6.07, 6.45) is -4.85. The molecular formula is C14H16F4N2O. The number of alkyl halides is 3. The molecule has 0 aromatic heterocycles. The molecule has 1 aromatic rings. The maximum Gasteiger partial charge on any atom is 0.404 e. The maximum atomic E-state index is 13.3. The highest BCUT2D eigenvalue weighted by molar-refractivity contribution is 5.84. The van der Waals surface area contributed by atoms with Crippen LogP contribution in [0.5, 0.6) is 0 Å². The SMILES string of the molecule is CN(Cc1ccc(F)cc1)C(=O)C1(C(F)(F)F)CCNC1. The molecule has 0 radical (unpaired) electrons. The molecule has 1 aliphatic rings. The van der Waals surface area contributed by atoms with E-state index in [4.69, 9.17) is 0 Å². The highest BCUT2D eigenvalue weighted by Gasteiger charge is 2.62. The van der Waals surface area contributed by atoms with Crippen molar-refractivity contribution in [2.45, 2.75) is 19.1 Å². The number of amides is 1. The first kappa shape index (κ1) is 15.8. The lowest BCUT2D eigenvalue weighted by atomic mass is 9.84. The van der Waals surface area contributed by atoms with Crippen LogP contribution in [0.15, 0.2) is 24.3 Å². The lowest BCUT2D eigenvalue weighted by molar-refractivity contribution is -0.221. The number of hydrogen-bond acceptors (Lipinski definition) is 2. The molecule has 21 heavy (non-hydrogen) atoms. The first-order valence-electron chi connectivity index (χ1n) is 6.54. The molecule has 7 heteroatoms. The van der Waals surface area contributed by atoms with Crippen LogP contribution in [0.1, 0.15) is 12.0 Å². The fourth-order valence-corrected chi connectivity index (χ4v) is 2.54. The van der Waals surface area contributed by atoms with E-state index in [-0.39, 0.29) is 19.5 Å². The minimum absolute atomic E-state index is 0.0109. The minimum atomic E-state index is -4.59. The van der Waals surface area contributed by atoms with Crippen molar-refractivity contribution in [1.29, 1.82) is 0 Å². The Morgan fingerprint density at radius 2 is 1.95 bits per heavy atom. The zero-order chi connectivity index (χ0) is 15.7. The summed E-state index contributed by atoms with van der Waals surface area (Å²) in [6, 6.07) is 5.33. The second kappa shape index (κ2) is 5.63. The monoisotopic (exact) mass is 304 g/mol. The molecule has 0 spiro atoms. The Kier molecular flexibility index (Phi) is 4.22. The third kappa shape index (κ3) is 3.02. The molecule has 1 N–H and O–H groups in total. The van der Waals surface area contributed by atoms with Crippen molar-refractivity contribution in [3.05, 3.63) is 35.6 Å². The van der Waals surface area contributed by atoms with Crippen molar-refractivity contribution in [3.8, 4) is 0 Å². The van der Waals surface area contributed by atoms with Crippen LogP contribution in [0, 0.1) is 11.2 Å². The molecule has 3 nitrogen and oxygen atoms in total. The average molecular weight is 304 g/mol. The van der Waals surface area contributed by atoms with E-state index in [9.17, 15) is 22.4 Å². The van der Waals surface area contributed by atoms with E-state index in [2.05, 4.69) is 5.32 Å². The summed E-state index contributed by atoms with van der Waals surface area (Å²) >= 11 is 0. The average Bonchev–Trinajstić information content (AvgIpc) is 2.90. The van der Waals surface area contributed by atoms with Gasteiger partial charge in [0.1, 0.15) is 5.82 Å². The second-order valence-electron chi connectivity index (χ2n) is 5.29. The molecule has 1 saturated heterocycles. The van der Waals surface area contributed by atoms with Crippen molar-refractivity contribution in [3.63, 3.8) is 0 Å². The van der Waals surface area contributed by atoms with Crippen LogP contribution < -0.4 is 5.32 Å². The van der Waals surface area contributed by atoms with E-state index in [0.717, 1.165) is 4.90 Å². The van der Waals surface area contributed by atoms with Gasteiger partial charge in [-0.15, -0.1) is 0 Å². The van der Waals surface area contributed by atoms with Crippen molar-refractivity contribution in [1.82, 2.24) is 10.2 Å². The first-order chi connectivity index (χ1) is 9.76. The molecule has 1 atom stereocenters. The van der Waals surface area contributed by atoms with Crippen molar-refractivity contribution in [2.24, 2.45) is 5.41 Å². The number of carbonyl (C=O) groups excluding carboxylic acids is 1. The molecule has 2 rings (SSSR count). The number of rotatable bonds is 3. The molecule has 1 heterocycles. The molecular weight excluding hydrogens is 288 g/mol. The normalized spacial score (nSPS) is 22.3. The Balaban J connectivity index is 2.15. The molecule has 1 amide bonds. The summed E-state index contributed by atoms with van der Waals surface area (Å²) in [5, 5.41) is 2.61. The molecule has 116 valence electrons. The topological polar surface area (TPSA) is 32.3 Å². The van der Waals surface area contributed by atoms with Crippen molar-refractivity contribution in [2.75, 3.05) is 20.1 Å². The highest BCUT2D eigenvalue weighted by atomic mass is 19.4. The van der Waals surface area contributed by atoms with E-state index in [1.54, 1.807) is 0 Å². The molecule has 1 fully saturated rings. The molecule has 0 bridgehead atoms. The first-order valence-corrected chi connectivity index (χ1v) is 6.54. The summed E-state index contributed by atoms with van der Waals surface area (Å²) in [6.45, 7) is -0.227. The van der Waals surface area contributed by atoms with Crippen molar-refractivity contribution >= 4 is 5.91 Å². The van der Waals surface area contributed by atoms with Crippen LogP contribution in [-0.4, -0.2) is 37.1 Å². The number of carbonyl (C=O) groups is 1. The van der Waals surface area contributed by atoms with Crippen LogP contribution in [0.4, 0.5) is 17.6 Å². The van der Waals surface area contributed by atoms with E-state index in [1.165, 1.54) is 31.3 Å². The van der Waals surface area contributed by atoms with Gasteiger partial charge in [0.15, 0.2) is 5.41 Å². The number of nitrogens with one attached hydrogen (secondary N) is 1. The third-order valence-corrected chi connectivity index (χ3v) is 3.79. The third-order valence-electron chi connectivity index (χ3n) is 3.79. The van der Waals surface area contributed by atoms with Crippen LogP contribution in [0.25, 0.3) is 0 Å². The minimum Gasteiger partial charge on any atom is -0.341 e. The highest BCUT2D eigenvalue weighted by Crippen LogP contribution is 2.44. The Labute approximate surface area is 119 Å². The number of nitrogens with zero attached hydrogens (tertiary/aromatic N) is 1.